The molecule has 17 heavy (non-hydrogen) atoms. The van der Waals surface area contributed by atoms with Crippen LogP contribution in [-0.4, -0.2) is 5.78 Å². The molecule has 0 radical (unpaired) electrons. The molecule has 1 aromatic heterocycles. The van der Waals surface area contributed by atoms with E-state index in [4.69, 9.17) is 23.2 Å². The van der Waals surface area contributed by atoms with Crippen molar-refractivity contribution in [3.63, 3.8) is 0 Å². The van der Waals surface area contributed by atoms with Crippen LogP contribution in [0, 0.1) is 11.8 Å². The highest BCUT2D eigenvalue weighted by atomic mass is 35.5. The third-order valence-corrected chi connectivity index (χ3v) is 3.33. The number of hydrogen-bond donors (Lipinski definition) is 0. The number of carbonyl (C=O) groups is 1. The number of halogens is 2. The average Bonchev–Trinajstić information content (AvgIpc) is 2.78. The molecule has 0 atom stereocenters. The maximum atomic E-state index is 11.8. The Morgan fingerprint density at radius 1 is 1.24 bits per heavy atom. The largest absolute Gasteiger partial charge is 0.279 e. The van der Waals surface area contributed by atoms with E-state index in [1.165, 1.54) is 17.4 Å². The van der Waals surface area contributed by atoms with Crippen LogP contribution in [0.4, 0.5) is 0 Å². The monoisotopic (exact) mass is 280 g/mol. The first-order valence-electron chi connectivity index (χ1n) is 4.72. The van der Waals surface area contributed by atoms with Crippen molar-refractivity contribution in [2.24, 2.45) is 0 Å². The molecule has 2 rings (SSSR count). The summed E-state index contributed by atoms with van der Waals surface area (Å²) in [4.78, 5) is 12.6. The summed E-state index contributed by atoms with van der Waals surface area (Å²) in [6.45, 7) is 0. The van der Waals surface area contributed by atoms with Crippen molar-refractivity contribution in [2.45, 2.75) is 0 Å². The van der Waals surface area contributed by atoms with Gasteiger partial charge in [-0.2, -0.15) is 0 Å². The molecule has 0 saturated carbocycles. The van der Waals surface area contributed by atoms with Gasteiger partial charge in [-0.25, -0.2) is 0 Å². The van der Waals surface area contributed by atoms with Crippen molar-refractivity contribution in [1.82, 2.24) is 0 Å². The second kappa shape index (κ2) is 5.37. The predicted octanol–water partition coefficient (Wildman–Crippen LogP) is 4.29. The van der Waals surface area contributed by atoms with Gasteiger partial charge < -0.3 is 0 Å². The van der Waals surface area contributed by atoms with Gasteiger partial charge in [0, 0.05) is 10.6 Å². The van der Waals surface area contributed by atoms with E-state index in [9.17, 15) is 4.79 Å². The highest BCUT2D eigenvalue weighted by Gasteiger charge is 2.07. The quantitative estimate of drug-likeness (QED) is 0.563. The molecule has 2 aromatic rings. The molecule has 0 N–H and O–H groups in total. The molecule has 1 aromatic carbocycles. The molecule has 0 fully saturated rings. The topological polar surface area (TPSA) is 17.1 Å². The SMILES string of the molecule is O=C(C#Cc1cccs1)c1ccc(Cl)cc1Cl. The van der Waals surface area contributed by atoms with Crippen LogP contribution in [0.5, 0.6) is 0 Å². The lowest BCUT2D eigenvalue weighted by Crippen LogP contribution is -1.95. The van der Waals surface area contributed by atoms with Crippen molar-refractivity contribution in [2.75, 3.05) is 0 Å². The summed E-state index contributed by atoms with van der Waals surface area (Å²) in [5, 5.41) is 2.73. The number of thiophene rings is 1. The molecule has 0 aliphatic rings. The van der Waals surface area contributed by atoms with Gasteiger partial charge in [-0.3, -0.25) is 4.79 Å². The number of ketones is 1. The van der Waals surface area contributed by atoms with Gasteiger partial charge in [-0.15, -0.1) is 11.3 Å². The summed E-state index contributed by atoms with van der Waals surface area (Å²) in [6.07, 6.45) is 0. The number of rotatable bonds is 1. The molecular formula is C13H6Cl2OS. The van der Waals surface area contributed by atoms with Crippen LogP contribution < -0.4 is 0 Å². The lowest BCUT2D eigenvalue weighted by Gasteiger charge is -1.98. The highest BCUT2D eigenvalue weighted by molar-refractivity contribution is 7.10. The van der Waals surface area contributed by atoms with E-state index in [0.717, 1.165) is 4.88 Å². The van der Waals surface area contributed by atoms with Crippen LogP contribution >= 0.6 is 34.5 Å². The fourth-order valence-electron chi connectivity index (χ4n) is 1.21. The van der Waals surface area contributed by atoms with Gasteiger partial charge >= 0.3 is 0 Å². The van der Waals surface area contributed by atoms with Gasteiger partial charge in [0.25, 0.3) is 0 Å². The van der Waals surface area contributed by atoms with Gasteiger partial charge in [0.2, 0.25) is 5.78 Å². The fraction of sp³-hybridized carbons (Fsp3) is 0. The minimum absolute atomic E-state index is 0.305. The van der Waals surface area contributed by atoms with E-state index in [0.29, 0.717) is 15.6 Å². The standard InChI is InChI=1S/C13H6Cl2OS/c14-9-3-5-11(12(15)8-9)13(16)6-4-10-2-1-7-17-10/h1-3,5,7-8H. The van der Waals surface area contributed by atoms with E-state index < -0.39 is 0 Å². The first-order chi connectivity index (χ1) is 8.16. The van der Waals surface area contributed by atoms with Gasteiger partial charge in [0.05, 0.1) is 9.90 Å². The first kappa shape index (κ1) is 12.2. The average molecular weight is 281 g/mol. The molecule has 4 heteroatoms. The molecule has 0 saturated heterocycles. The second-order valence-electron chi connectivity index (χ2n) is 3.18. The third-order valence-electron chi connectivity index (χ3n) is 2.00. The molecule has 0 bridgehead atoms. The fourth-order valence-corrected chi connectivity index (χ4v) is 2.27. The highest BCUT2D eigenvalue weighted by Crippen LogP contribution is 2.21. The zero-order chi connectivity index (χ0) is 12.3. The maximum Gasteiger partial charge on any atom is 0.237 e. The van der Waals surface area contributed by atoms with Crippen molar-refractivity contribution in [1.29, 1.82) is 0 Å². The molecule has 0 unspecified atom stereocenters. The molecule has 0 spiro atoms. The van der Waals surface area contributed by atoms with Crippen molar-refractivity contribution >= 4 is 40.3 Å². The van der Waals surface area contributed by atoms with Crippen LogP contribution in [0.1, 0.15) is 15.2 Å². The van der Waals surface area contributed by atoms with E-state index in [-0.39, 0.29) is 5.78 Å². The summed E-state index contributed by atoms with van der Waals surface area (Å²) in [6, 6.07) is 8.47. The van der Waals surface area contributed by atoms with Crippen molar-refractivity contribution in [3.8, 4) is 11.8 Å². The number of carbonyl (C=O) groups excluding carboxylic acids is 1. The third kappa shape index (κ3) is 3.10. The number of hydrogen-bond acceptors (Lipinski definition) is 2. The Labute approximate surface area is 113 Å². The maximum absolute atomic E-state index is 11.8. The Kier molecular flexibility index (Phi) is 3.86. The molecule has 1 heterocycles. The normalized spacial score (nSPS) is 9.53. The summed E-state index contributed by atoms with van der Waals surface area (Å²) in [5.74, 6) is 5.04. The van der Waals surface area contributed by atoms with E-state index >= 15 is 0 Å². The van der Waals surface area contributed by atoms with Crippen molar-refractivity contribution < 1.29 is 4.79 Å². The zero-order valence-corrected chi connectivity index (χ0v) is 10.9. The number of benzene rings is 1. The van der Waals surface area contributed by atoms with Crippen LogP contribution in [0.2, 0.25) is 10.0 Å². The van der Waals surface area contributed by atoms with Crippen LogP contribution in [0.25, 0.3) is 0 Å². The molecule has 0 aliphatic heterocycles. The molecular weight excluding hydrogens is 275 g/mol. The minimum Gasteiger partial charge on any atom is -0.279 e. The zero-order valence-electron chi connectivity index (χ0n) is 8.54. The Morgan fingerprint density at radius 3 is 2.71 bits per heavy atom. The second-order valence-corrected chi connectivity index (χ2v) is 4.97. The van der Waals surface area contributed by atoms with E-state index in [1.807, 2.05) is 17.5 Å². The molecule has 1 nitrogen and oxygen atoms in total. The van der Waals surface area contributed by atoms with E-state index in [2.05, 4.69) is 11.8 Å². The lowest BCUT2D eigenvalue weighted by molar-refractivity contribution is 0.105. The summed E-state index contributed by atoms with van der Waals surface area (Å²) < 4.78 is 0. The predicted molar refractivity (Wildman–Crippen MR) is 72.0 cm³/mol. The van der Waals surface area contributed by atoms with Gasteiger partial charge in [-0.05, 0) is 41.5 Å². The number of Topliss-reactive ketones (excluding diaryl/α,β-unsaturated/α-hetero) is 1. The Morgan fingerprint density at radius 2 is 2.06 bits per heavy atom. The summed E-state index contributed by atoms with van der Waals surface area (Å²) >= 11 is 13.2. The lowest BCUT2D eigenvalue weighted by atomic mass is 10.1. The van der Waals surface area contributed by atoms with E-state index in [1.54, 1.807) is 12.1 Å². The van der Waals surface area contributed by atoms with Crippen LogP contribution in [0.15, 0.2) is 35.7 Å². The van der Waals surface area contributed by atoms with Gasteiger partial charge in [0.15, 0.2) is 0 Å². The minimum atomic E-state index is -0.305. The van der Waals surface area contributed by atoms with Gasteiger partial charge in [-0.1, -0.05) is 29.3 Å². The Balaban J connectivity index is 2.26. The molecule has 0 aliphatic carbocycles. The van der Waals surface area contributed by atoms with Crippen molar-refractivity contribution in [3.05, 3.63) is 56.2 Å². The van der Waals surface area contributed by atoms with Crippen LogP contribution in [0.3, 0.4) is 0 Å². The summed E-state index contributed by atoms with van der Waals surface area (Å²) in [5.41, 5.74) is 0.375. The molecule has 84 valence electrons. The molecule has 0 amide bonds. The smallest absolute Gasteiger partial charge is 0.237 e. The first-order valence-corrected chi connectivity index (χ1v) is 6.35. The summed E-state index contributed by atoms with van der Waals surface area (Å²) in [7, 11) is 0. The van der Waals surface area contributed by atoms with Gasteiger partial charge in [0.1, 0.15) is 0 Å². The Hall–Kier alpha value is -1.27. The Bertz CT molecular complexity index is 606. The van der Waals surface area contributed by atoms with Crippen LogP contribution in [-0.2, 0) is 0 Å².